The molecule has 0 unspecified atom stereocenters. The van der Waals surface area contributed by atoms with Crippen LogP contribution in [0.2, 0.25) is 0 Å². The predicted molar refractivity (Wildman–Crippen MR) is 106 cm³/mol. The van der Waals surface area contributed by atoms with Gasteiger partial charge in [-0.15, -0.1) is 0 Å². The molecule has 1 aromatic carbocycles. The van der Waals surface area contributed by atoms with Crippen molar-refractivity contribution >= 4 is 21.9 Å². The molecule has 0 heterocycles. The summed E-state index contributed by atoms with van der Waals surface area (Å²) in [5.74, 6) is -0.561. The van der Waals surface area contributed by atoms with Crippen LogP contribution in [0.3, 0.4) is 0 Å². The monoisotopic (exact) mass is 408 g/mol. The van der Waals surface area contributed by atoms with Crippen molar-refractivity contribution in [1.29, 1.82) is 0 Å². The second kappa shape index (κ2) is 10.4. The molecule has 1 atom stereocenters. The molecule has 1 aliphatic carbocycles. The fourth-order valence-corrected chi connectivity index (χ4v) is 4.49. The van der Waals surface area contributed by atoms with E-state index in [2.05, 4.69) is 5.32 Å². The minimum Gasteiger partial charge on any atom is -0.456 e. The van der Waals surface area contributed by atoms with Gasteiger partial charge in [0.1, 0.15) is 0 Å². The fourth-order valence-electron chi connectivity index (χ4n) is 3.03. The molecule has 28 heavy (non-hydrogen) atoms. The summed E-state index contributed by atoms with van der Waals surface area (Å²) in [4.78, 5) is 23.8. The Labute approximate surface area is 166 Å². The number of carbonyl (C=O) groups excluding carboxylic acids is 2. The Bertz CT molecular complexity index is 798. The summed E-state index contributed by atoms with van der Waals surface area (Å²) in [7, 11) is -3.49. The minimum atomic E-state index is -3.49. The zero-order chi connectivity index (χ0) is 20.6. The van der Waals surface area contributed by atoms with E-state index >= 15 is 0 Å². The second-order valence-corrected chi connectivity index (χ2v) is 8.58. The Morgan fingerprint density at radius 3 is 2.43 bits per heavy atom. The molecular formula is C20H28N2O5S. The van der Waals surface area contributed by atoms with Crippen molar-refractivity contribution in [2.24, 2.45) is 5.92 Å². The lowest BCUT2D eigenvalue weighted by atomic mass is 10.1. The van der Waals surface area contributed by atoms with Crippen LogP contribution in [0, 0.1) is 5.92 Å². The Morgan fingerprint density at radius 2 is 1.86 bits per heavy atom. The molecule has 0 saturated carbocycles. The van der Waals surface area contributed by atoms with Gasteiger partial charge in [-0.3, -0.25) is 9.59 Å². The summed E-state index contributed by atoms with van der Waals surface area (Å²) in [5, 5.41) is 2.66. The van der Waals surface area contributed by atoms with E-state index in [0.29, 0.717) is 19.5 Å². The number of rotatable bonds is 10. The number of carbonyl (C=O) groups is 2. The molecule has 8 heteroatoms. The number of ether oxygens (including phenoxy) is 1. The van der Waals surface area contributed by atoms with Gasteiger partial charge in [-0.25, -0.2) is 8.42 Å². The van der Waals surface area contributed by atoms with Gasteiger partial charge < -0.3 is 10.1 Å². The van der Waals surface area contributed by atoms with E-state index in [1.54, 1.807) is 26.0 Å². The van der Waals surface area contributed by atoms with Gasteiger partial charge in [0.15, 0.2) is 6.61 Å². The van der Waals surface area contributed by atoms with Crippen LogP contribution < -0.4 is 5.32 Å². The molecule has 2 rings (SSSR count). The maximum Gasteiger partial charge on any atom is 0.306 e. The van der Waals surface area contributed by atoms with Gasteiger partial charge in [0.05, 0.1) is 11.3 Å². The summed E-state index contributed by atoms with van der Waals surface area (Å²) < 4.78 is 31.3. The third-order valence-electron chi connectivity index (χ3n) is 4.66. The van der Waals surface area contributed by atoms with E-state index in [1.807, 2.05) is 12.2 Å². The molecule has 0 fully saturated rings. The first kappa shape index (κ1) is 22.1. The van der Waals surface area contributed by atoms with Crippen molar-refractivity contribution in [2.45, 2.75) is 44.6 Å². The van der Waals surface area contributed by atoms with E-state index in [0.717, 1.165) is 18.4 Å². The van der Waals surface area contributed by atoms with Gasteiger partial charge in [0.25, 0.3) is 5.91 Å². The maximum absolute atomic E-state index is 12.4. The van der Waals surface area contributed by atoms with Crippen LogP contribution in [0.25, 0.3) is 0 Å². The van der Waals surface area contributed by atoms with Crippen molar-refractivity contribution in [3.8, 4) is 0 Å². The average molecular weight is 409 g/mol. The Hall–Kier alpha value is -2.19. The van der Waals surface area contributed by atoms with Crippen LogP contribution in [0.1, 0.15) is 38.7 Å². The van der Waals surface area contributed by atoms with Crippen LogP contribution >= 0.6 is 0 Å². The highest BCUT2D eigenvalue weighted by Gasteiger charge is 2.21. The van der Waals surface area contributed by atoms with Crippen LogP contribution in [-0.2, 0) is 30.9 Å². The van der Waals surface area contributed by atoms with E-state index < -0.39 is 15.9 Å². The quantitative estimate of drug-likeness (QED) is 0.473. The van der Waals surface area contributed by atoms with Crippen molar-refractivity contribution in [1.82, 2.24) is 9.62 Å². The topological polar surface area (TPSA) is 92.8 Å². The van der Waals surface area contributed by atoms with Crippen molar-refractivity contribution < 1.29 is 22.7 Å². The van der Waals surface area contributed by atoms with Gasteiger partial charge in [-0.05, 0) is 36.5 Å². The summed E-state index contributed by atoms with van der Waals surface area (Å²) in [5.41, 5.74) is 0.759. The molecule has 1 aliphatic rings. The zero-order valence-electron chi connectivity index (χ0n) is 16.4. The largest absolute Gasteiger partial charge is 0.456 e. The lowest BCUT2D eigenvalue weighted by Crippen LogP contribution is -2.30. The summed E-state index contributed by atoms with van der Waals surface area (Å²) >= 11 is 0. The zero-order valence-corrected chi connectivity index (χ0v) is 17.2. The second-order valence-electron chi connectivity index (χ2n) is 6.64. The number of benzene rings is 1. The van der Waals surface area contributed by atoms with Gasteiger partial charge in [-0.2, -0.15) is 4.31 Å². The maximum atomic E-state index is 12.4. The summed E-state index contributed by atoms with van der Waals surface area (Å²) in [6, 6.07) is 6.39. The molecule has 1 amide bonds. The van der Waals surface area contributed by atoms with E-state index in [4.69, 9.17) is 4.74 Å². The Balaban J connectivity index is 1.78. The smallest absolute Gasteiger partial charge is 0.306 e. The Kier molecular flexibility index (Phi) is 8.19. The lowest BCUT2D eigenvalue weighted by Gasteiger charge is -2.18. The van der Waals surface area contributed by atoms with Crippen LogP contribution in [0.4, 0.5) is 0 Å². The number of sulfonamides is 1. The summed E-state index contributed by atoms with van der Waals surface area (Å²) in [6.45, 7) is 4.32. The first-order chi connectivity index (χ1) is 13.4. The first-order valence-corrected chi connectivity index (χ1v) is 11.0. The number of esters is 1. The van der Waals surface area contributed by atoms with Gasteiger partial charge >= 0.3 is 5.97 Å². The number of amides is 1. The minimum absolute atomic E-state index is 0.210. The molecule has 7 nitrogen and oxygen atoms in total. The number of hydrogen-bond donors (Lipinski definition) is 1. The normalized spacial score (nSPS) is 16.3. The number of nitrogens with zero attached hydrogens (tertiary/aromatic N) is 1. The van der Waals surface area contributed by atoms with Crippen LogP contribution in [0.5, 0.6) is 0 Å². The highest BCUT2D eigenvalue weighted by atomic mass is 32.2. The standard InChI is InChI=1S/C20H28N2O5S/c1-3-22(4-2)28(25,26)18-11-9-17(10-12-18)14-21-19(23)15-27-20(24)13-16-7-5-6-8-16/h5,7,9-12,16H,3-4,6,8,13-15H2,1-2H3,(H,21,23)/t16-/m0/s1. The highest BCUT2D eigenvalue weighted by molar-refractivity contribution is 7.89. The molecular weight excluding hydrogens is 380 g/mol. The third kappa shape index (κ3) is 6.17. The van der Waals surface area contributed by atoms with E-state index in [9.17, 15) is 18.0 Å². The lowest BCUT2D eigenvalue weighted by molar-refractivity contribution is -0.149. The number of hydrogen-bond acceptors (Lipinski definition) is 5. The third-order valence-corrected chi connectivity index (χ3v) is 6.73. The SMILES string of the molecule is CCN(CC)S(=O)(=O)c1ccc(CNC(=O)COC(=O)C[C@H]2C=CCC2)cc1. The molecule has 1 aromatic rings. The Morgan fingerprint density at radius 1 is 1.18 bits per heavy atom. The number of allylic oxidation sites excluding steroid dienone is 2. The van der Waals surface area contributed by atoms with Gasteiger partial charge in [0.2, 0.25) is 10.0 Å². The predicted octanol–water partition coefficient (Wildman–Crippen LogP) is 2.23. The summed E-state index contributed by atoms with van der Waals surface area (Å²) in [6.07, 6.45) is 6.27. The molecule has 154 valence electrons. The fraction of sp³-hybridized carbons (Fsp3) is 0.500. The van der Waals surface area contributed by atoms with Crippen molar-refractivity contribution in [3.63, 3.8) is 0 Å². The molecule has 0 aromatic heterocycles. The van der Waals surface area contributed by atoms with Gasteiger partial charge in [-0.1, -0.05) is 38.1 Å². The van der Waals surface area contributed by atoms with E-state index in [1.165, 1.54) is 16.4 Å². The highest BCUT2D eigenvalue weighted by Crippen LogP contribution is 2.20. The number of nitrogens with one attached hydrogen (secondary N) is 1. The van der Waals surface area contributed by atoms with E-state index in [-0.39, 0.29) is 29.9 Å². The molecule has 1 N–H and O–H groups in total. The van der Waals surface area contributed by atoms with Gasteiger partial charge in [0, 0.05) is 19.6 Å². The van der Waals surface area contributed by atoms with Crippen LogP contribution in [-0.4, -0.2) is 44.3 Å². The van der Waals surface area contributed by atoms with Crippen molar-refractivity contribution in [3.05, 3.63) is 42.0 Å². The molecule has 0 aliphatic heterocycles. The first-order valence-electron chi connectivity index (χ1n) is 9.54. The molecule has 0 bridgehead atoms. The average Bonchev–Trinajstić information content (AvgIpc) is 3.18. The van der Waals surface area contributed by atoms with Crippen molar-refractivity contribution in [2.75, 3.05) is 19.7 Å². The molecule has 0 saturated heterocycles. The molecule has 0 radical (unpaired) electrons. The molecule has 0 spiro atoms. The van der Waals surface area contributed by atoms with Crippen LogP contribution in [0.15, 0.2) is 41.3 Å².